The van der Waals surface area contributed by atoms with Gasteiger partial charge in [-0.3, -0.25) is 24.6 Å². The summed E-state index contributed by atoms with van der Waals surface area (Å²) in [6.45, 7) is 0.229. The molecule has 1 fully saturated rings. The average Bonchev–Trinajstić information content (AvgIpc) is 3.48. The van der Waals surface area contributed by atoms with Crippen molar-refractivity contribution in [2.45, 2.75) is 13.0 Å². The highest BCUT2D eigenvalue weighted by Gasteiger charge is 2.37. The molecule has 0 saturated carbocycles. The Morgan fingerprint density at radius 3 is 2.45 bits per heavy atom. The number of fused-ring (bicyclic) bond motifs is 1. The molecule has 11 heteroatoms. The van der Waals surface area contributed by atoms with Crippen molar-refractivity contribution in [1.29, 1.82) is 0 Å². The number of imide groups is 2. The number of urea groups is 1. The minimum absolute atomic E-state index is 0.0267. The number of barbiturate groups is 1. The van der Waals surface area contributed by atoms with E-state index < -0.39 is 17.8 Å². The van der Waals surface area contributed by atoms with Gasteiger partial charge >= 0.3 is 6.03 Å². The highest BCUT2D eigenvalue weighted by molar-refractivity contribution is 6.31. The Hall–Kier alpha value is -5.32. The first-order valence-electron chi connectivity index (χ1n) is 13.1. The third-order valence-corrected chi connectivity index (χ3v) is 7.01. The molecule has 11 nitrogen and oxygen atoms in total. The normalized spacial score (nSPS) is 15.1. The Morgan fingerprint density at radius 1 is 1.02 bits per heavy atom. The molecular weight excluding hydrogens is 542 g/mol. The van der Waals surface area contributed by atoms with Gasteiger partial charge in [-0.15, -0.1) is 0 Å². The number of benzene rings is 3. The molecule has 0 bridgehead atoms. The number of likely N-dealkylation sites (N-methyl/N-ethyl adjacent to an activating group) is 1. The number of amides is 5. The maximum absolute atomic E-state index is 13.5. The number of nitrogens with one attached hydrogen (secondary N) is 1. The summed E-state index contributed by atoms with van der Waals surface area (Å²) in [5.41, 5.74) is 2.02. The zero-order chi connectivity index (χ0) is 29.8. The molecule has 2 aliphatic heterocycles. The van der Waals surface area contributed by atoms with E-state index in [1.54, 1.807) is 66.5 Å². The smallest absolute Gasteiger partial charge is 0.331 e. The summed E-state index contributed by atoms with van der Waals surface area (Å²) in [6.07, 6.45) is 1.73. The number of hydrogen-bond donors (Lipinski definition) is 1. The summed E-state index contributed by atoms with van der Waals surface area (Å²) >= 11 is 0. The Balaban J connectivity index is 1.47. The molecule has 1 N–H and O–H groups in total. The van der Waals surface area contributed by atoms with E-state index in [2.05, 4.69) is 5.32 Å². The van der Waals surface area contributed by atoms with Crippen LogP contribution in [0, 0.1) is 0 Å². The second-order valence-corrected chi connectivity index (χ2v) is 9.62. The van der Waals surface area contributed by atoms with E-state index in [9.17, 15) is 19.2 Å². The van der Waals surface area contributed by atoms with Crippen LogP contribution in [0.2, 0.25) is 0 Å². The average molecular weight is 572 g/mol. The summed E-state index contributed by atoms with van der Waals surface area (Å²) in [7, 11) is 4.67. The Morgan fingerprint density at radius 2 is 1.76 bits per heavy atom. The minimum Gasteiger partial charge on any atom is -0.497 e. The van der Waals surface area contributed by atoms with E-state index >= 15 is 0 Å². The van der Waals surface area contributed by atoms with Crippen LogP contribution in [0.1, 0.15) is 27.0 Å². The maximum Gasteiger partial charge on any atom is 0.331 e. The lowest BCUT2D eigenvalue weighted by molar-refractivity contribution is -0.130. The van der Waals surface area contributed by atoms with Gasteiger partial charge in [0.2, 0.25) is 12.5 Å². The molecule has 0 aromatic heterocycles. The quantitative estimate of drug-likeness (QED) is 0.306. The van der Waals surface area contributed by atoms with E-state index in [0.29, 0.717) is 52.5 Å². The minimum atomic E-state index is -0.835. The van der Waals surface area contributed by atoms with E-state index in [-0.39, 0.29) is 30.6 Å². The molecule has 1 saturated heterocycles. The fourth-order valence-corrected chi connectivity index (χ4v) is 4.73. The summed E-state index contributed by atoms with van der Waals surface area (Å²) < 4.78 is 22.0. The Bertz CT molecular complexity index is 1570. The summed E-state index contributed by atoms with van der Waals surface area (Å²) in [5.74, 6) is -0.0861. The van der Waals surface area contributed by atoms with Crippen LogP contribution in [0.5, 0.6) is 23.0 Å². The first kappa shape index (κ1) is 28.2. The SMILES string of the molecule is COc1ccc(CN2C(=O)NC(=O)C(=Cc3c(CCN(C)C(=O)c4ccccc4)cc4c(c3OC)OCO4)C2=O)cc1. The van der Waals surface area contributed by atoms with E-state index in [1.165, 1.54) is 20.3 Å². The molecule has 0 unspecified atom stereocenters. The molecule has 2 heterocycles. The van der Waals surface area contributed by atoms with Gasteiger partial charge in [-0.2, -0.15) is 0 Å². The first-order chi connectivity index (χ1) is 20.3. The van der Waals surface area contributed by atoms with Gasteiger partial charge in [0, 0.05) is 24.7 Å². The predicted molar refractivity (Wildman–Crippen MR) is 151 cm³/mol. The van der Waals surface area contributed by atoms with Gasteiger partial charge in [-0.1, -0.05) is 30.3 Å². The lowest BCUT2D eigenvalue weighted by atomic mass is 9.97. The van der Waals surface area contributed by atoms with E-state index in [4.69, 9.17) is 18.9 Å². The van der Waals surface area contributed by atoms with Gasteiger partial charge in [0.05, 0.1) is 20.8 Å². The lowest BCUT2D eigenvalue weighted by Crippen LogP contribution is -2.53. The van der Waals surface area contributed by atoms with Gasteiger partial charge in [-0.25, -0.2) is 4.79 Å². The Labute approximate surface area is 242 Å². The van der Waals surface area contributed by atoms with Crippen LogP contribution in [0.15, 0.2) is 66.2 Å². The molecule has 0 spiro atoms. The van der Waals surface area contributed by atoms with Crippen molar-refractivity contribution in [3.8, 4) is 23.0 Å². The van der Waals surface area contributed by atoms with Crippen LogP contribution in [0.3, 0.4) is 0 Å². The molecule has 42 heavy (non-hydrogen) atoms. The number of hydrogen-bond acceptors (Lipinski definition) is 8. The Kier molecular flexibility index (Phi) is 8.09. The summed E-state index contributed by atoms with van der Waals surface area (Å²) in [4.78, 5) is 54.6. The van der Waals surface area contributed by atoms with E-state index in [0.717, 1.165) is 4.90 Å². The highest BCUT2D eigenvalue weighted by atomic mass is 16.7. The van der Waals surface area contributed by atoms with Crippen molar-refractivity contribution in [1.82, 2.24) is 15.1 Å². The number of carbonyl (C=O) groups is 4. The van der Waals surface area contributed by atoms with Gasteiger partial charge in [-0.05, 0) is 54.0 Å². The lowest BCUT2D eigenvalue weighted by Gasteiger charge is -2.27. The molecule has 3 aromatic carbocycles. The molecule has 0 atom stereocenters. The third-order valence-electron chi connectivity index (χ3n) is 7.01. The highest BCUT2D eigenvalue weighted by Crippen LogP contribution is 2.46. The second kappa shape index (κ2) is 12.0. The van der Waals surface area contributed by atoms with Crippen LogP contribution < -0.4 is 24.3 Å². The molecule has 5 amide bonds. The van der Waals surface area contributed by atoms with Crippen LogP contribution in [0.4, 0.5) is 4.79 Å². The number of carbonyl (C=O) groups excluding carboxylic acids is 4. The molecule has 0 aliphatic carbocycles. The largest absolute Gasteiger partial charge is 0.497 e. The van der Waals surface area contributed by atoms with Gasteiger partial charge in [0.1, 0.15) is 11.3 Å². The van der Waals surface area contributed by atoms with Crippen LogP contribution in [-0.2, 0) is 22.6 Å². The summed E-state index contributed by atoms with van der Waals surface area (Å²) in [5, 5.41) is 2.25. The molecule has 2 aliphatic rings. The summed E-state index contributed by atoms with van der Waals surface area (Å²) in [6, 6.07) is 16.7. The van der Waals surface area contributed by atoms with Crippen molar-refractivity contribution in [3.63, 3.8) is 0 Å². The third kappa shape index (κ3) is 5.62. The number of ether oxygens (including phenoxy) is 4. The van der Waals surface area contributed by atoms with Gasteiger partial charge < -0.3 is 23.8 Å². The zero-order valence-corrected chi connectivity index (χ0v) is 23.3. The van der Waals surface area contributed by atoms with Gasteiger partial charge in [0.15, 0.2) is 11.5 Å². The number of nitrogens with zero attached hydrogens (tertiary/aromatic N) is 2. The van der Waals surface area contributed by atoms with Crippen molar-refractivity contribution >= 4 is 29.8 Å². The van der Waals surface area contributed by atoms with E-state index in [1.807, 2.05) is 6.07 Å². The topological polar surface area (TPSA) is 124 Å². The molecular formula is C31H29N3O8. The van der Waals surface area contributed by atoms with Crippen molar-refractivity contribution < 1.29 is 38.1 Å². The molecule has 0 radical (unpaired) electrons. The first-order valence-corrected chi connectivity index (χ1v) is 13.1. The van der Waals surface area contributed by atoms with Crippen molar-refractivity contribution in [3.05, 3.63) is 88.5 Å². The maximum atomic E-state index is 13.5. The van der Waals surface area contributed by atoms with Crippen LogP contribution >= 0.6 is 0 Å². The van der Waals surface area contributed by atoms with Gasteiger partial charge in [0.25, 0.3) is 17.7 Å². The van der Waals surface area contributed by atoms with Crippen LogP contribution in [0.25, 0.3) is 6.08 Å². The monoisotopic (exact) mass is 571 g/mol. The molecule has 3 aromatic rings. The molecule has 216 valence electrons. The fourth-order valence-electron chi connectivity index (χ4n) is 4.73. The second-order valence-electron chi connectivity index (χ2n) is 9.62. The fraction of sp³-hybridized carbons (Fsp3) is 0.226. The standard InChI is InChI=1S/C31H29N3O8/c1-33(29(36)20-7-5-4-6-8-20)14-13-21-15-25-27(42-18-41-25)26(40-3)23(21)16-24-28(35)32-31(38)34(30(24)37)17-19-9-11-22(39-2)12-10-19/h4-12,15-16H,13-14,17-18H2,1-3H3,(H,32,35,38). The van der Waals surface area contributed by atoms with Crippen LogP contribution in [-0.4, -0.2) is 68.2 Å². The zero-order valence-electron chi connectivity index (χ0n) is 23.3. The number of rotatable bonds is 9. The molecule has 5 rings (SSSR count). The number of methoxy groups -OCH3 is 2. The predicted octanol–water partition coefficient (Wildman–Crippen LogP) is 3.41. The van der Waals surface area contributed by atoms with Crippen molar-refractivity contribution in [2.75, 3.05) is 34.6 Å². The van der Waals surface area contributed by atoms with Crippen molar-refractivity contribution in [2.24, 2.45) is 0 Å².